The number of fused-ring (bicyclic) bond motifs is 3. The third-order valence-electron chi connectivity index (χ3n) is 4.27. The molecule has 2 aromatic rings. The molecule has 3 nitrogen and oxygen atoms in total. The molecule has 3 N–H and O–H groups in total. The lowest BCUT2D eigenvalue weighted by Gasteiger charge is -2.28. The van der Waals surface area contributed by atoms with Gasteiger partial charge in [0.25, 0.3) is 0 Å². The molecule has 3 heteroatoms. The van der Waals surface area contributed by atoms with Crippen LogP contribution in [0.25, 0.3) is 11.1 Å². The van der Waals surface area contributed by atoms with Gasteiger partial charge in [-0.3, -0.25) is 0 Å². The lowest BCUT2D eigenvalue weighted by Crippen LogP contribution is -2.31. The second-order valence-corrected chi connectivity index (χ2v) is 6.00. The van der Waals surface area contributed by atoms with Crippen LogP contribution in [-0.4, -0.2) is 28.0 Å². The van der Waals surface area contributed by atoms with E-state index in [0.717, 1.165) is 33.4 Å². The molecular formula is C18H20O3. The lowest BCUT2D eigenvalue weighted by molar-refractivity contribution is -0.00120. The summed E-state index contributed by atoms with van der Waals surface area (Å²) >= 11 is 0. The summed E-state index contributed by atoms with van der Waals surface area (Å²) in [4.78, 5) is 0. The number of hydrogen-bond donors (Lipinski definition) is 3. The average molecular weight is 284 g/mol. The molecule has 2 aromatic carbocycles. The fourth-order valence-corrected chi connectivity index (χ4v) is 3.24. The molecule has 0 radical (unpaired) electrons. The summed E-state index contributed by atoms with van der Waals surface area (Å²) in [5.74, 6) is 0. The predicted molar refractivity (Wildman–Crippen MR) is 82.1 cm³/mol. The first-order valence-electron chi connectivity index (χ1n) is 7.19. The van der Waals surface area contributed by atoms with Crippen LogP contribution in [0.15, 0.2) is 36.4 Å². The van der Waals surface area contributed by atoms with Gasteiger partial charge < -0.3 is 15.3 Å². The van der Waals surface area contributed by atoms with Crippen LogP contribution in [0.3, 0.4) is 0 Å². The van der Waals surface area contributed by atoms with E-state index < -0.39 is 11.7 Å². The first kappa shape index (κ1) is 14.3. The monoisotopic (exact) mass is 284 g/mol. The zero-order valence-electron chi connectivity index (χ0n) is 12.3. The van der Waals surface area contributed by atoms with E-state index in [9.17, 15) is 10.2 Å². The van der Waals surface area contributed by atoms with E-state index in [0.29, 0.717) is 0 Å². The standard InChI is InChI=1S/C18H20O3/c1-11-3-5-14-15-6-4-12(2)8-17(15)18(21,16(14)7-11)9-13(20)10-19/h3-8,13,19-21H,9-10H2,1-2H3. The average Bonchev–Trinajstić information content (AvgIpc) is 2.68. The molecule has 0 saturated heterocycles. The molecule has 0 heterocycles. The van der Waals surface area contributed by atoms with E-state index in [1.165, 1.54) is 0 Å². The van der Waals surface area contributed by atoms with Crippen LogP contribution in [0, 0.1) is 13.8 Å². The second-order valence-electron chi connectivity index (χ2n) is 6.00. The van der Waals surface area contributed by atoms with Gasteiger partial charge in [-0.1, -0.05) is 47.5 Å². The highest BCUT2D eigenvalue weighted by molar-refractivity contribution is 5.80. The Morgan fingerprint density at radius 3 is 1.86 bits per heavy atom. The van der Waals surface area contributed by atoms with E-state index in [2.05, 4.69) is 0 Å². The third-order valence-corrected chi connectivity index (χ3v) is 4.27. The zero-order valence-corrected chi connectivity index (χ0v) is 12.3. The molecule has 0 fully saturated rings. The van der Waals surface area contributed by atoms with Crippen LogP contribution >= 0.6 is 0 Å². The van der Waals surface area contributed by atoms with E-state index in [4.69, 9.17) is 5.11 Å². The maximum atomic E-state index is 11.3. The third kappa shape index (κ3) is 2.18. The number of aryl methyl sites for hydroxylation is 2. The Kier molecular flexibility index (Phi) is 3.36. The molecule has 110 valence electrons. The van der Waals surface area contributed by atoms with Crippen molar-refractivity contribution < 1.29 is 15.3 Å². The van der Waals surface area contributed by atoms with E-state index in [1.54, 1.807) is 0 Å². The van der Waals surface area contributed by atoms with Crippen LogP contribution in [-0.2, 0) is 5.60 Å². The summed E-state index contributed by atoms with van der Waals surface area (Å²) in [7, 11) is 0. The summed E-state index contributed by atoms with van der Waals surface area (Å²) in [5.41, 5.74) is 4.52. The van der Waals surface area contributed by atoms with Crippen molar-refractivity contribution in [2.24, 2.45) is 0 Å². The van der Waals surface area contributed by atoms with Crippen molar-refractivity contribution in [3.8, 4) is 11.1 Å². The summed E-state index contributed by atoms with van der Waals surface area (Å²) < 4.78 is 0. The van der Waals surface area contributed by atoms with Crippen molar-refractivity contribution in [2.45, 2.75) is 32.0 Å². The number of rotatable bonds is 3. The first-order valence-corrected chi connectivity index (χ1v) is 7.19. The fraction of sp³-hybridized carbons (Fsp3) is 0.333. The molecule has 0 saturated carbocycles. The molecule has 1 unspecified atom stereocenters. The number of benzene rings is 2. The topological polar surface area (TPSA) is 60.7 Å². The van der Waals surface area contributed by atoms with Crippen molar-refractivity contribution in [3.63, 3.8) is 0 Å². The Morgan fingerprint density at radius 1 is 0.952 bits per heavy atom. The Bertz CT molecular complexity index is 639. The van der Waals surface area contributed by atoms with Crippen LogP contribution in [0.5, 0.6) is 0 Å². The van der Waals surface area contributed by atoms with Crippen molar-refractivity contribution in [2.75, 3.05) is 6.61 Å². The highest BCUT2D eigenvalue weighted by Crippen LogP contribution is 2.50. The smallest absolute Gasteiger partial charge is 0.118 e. The van der Waals surface area contributed by atoms with E-state index >= 15 is 0 Å². The summed E-state index contributed by atoms with van der Waals surface area (Å²) in [6.07, 6.45) is -0.856. The van der Waals surface area contributed by atoms with Gasteiger partial charge in [-0.05, 0) is 36.1 Å². The van der Waals surface area contributed by atoms with E-state index in [-0.39, 0.29) is 13.0 Å². The van der Waals surface area contributed by atoms with Gasteiger partial charge in [0.2, 0.25) is 0 Å². The normalized spacial score (nSPS) is 16.4. The Labute approximate surface area is 124 Å². The minimum absolute atomic E-state index is 0.0937. The Hall–Kier alpha value is -1.68. The molecule has 3 rings (SSSR count). The van der Waals surface area contributed by atoms with Crippen molar-refractivity contribution in [1.82, 2.24) is 0 Å². The maximum Gasteiger partial charge on any atom is 0.118 e. The Morgan fingerprint density at radius 2 is 1.43 bits per heavy atom. The van der Waals surface area contributed by atoms with Crippen molar-refractivity contribution >= 4 is 0 Å². The number of aliphatic hydroxyl groups is 3. The van der Waals surface area contributed by atoms with Crippen LogP contribution < -0.4 is 0 Å². The quantitative estimate of drug-likeness (QED) is 0.810. The van der Waals surface area contributed by atoms with Crippen molar-refractivity contribution in [1.29, 1.82) is 0 Å². The zero-order chi connectivity index (χ0) is 15.2. The van der Waals surface area contributed by atoms with Gasteiger partial charge in [-0.2, -0.15) is 0 Å². The van der Waals surface area contributed by atoms with Crippen LogP contribution in [0.1, 0.15) is 28.7 Å². The van der Waals surface area contributed by atoms with Gasteiger partial charge in [0, 0.05) is 6.42 Å². The molecular weight excluding hydrogens is 264 g/mol. The molecule has 0 spiro atoms. The van der Waals surface area contributed by atoms with Gasteiger partial charge >= 0.3 is 0 Å². The summed E-state index contributed by atoms with van der Waals surface area (Å²) in [5, 5.41) is 30.3. The molecule has 0 amide bonds. The van der Waals surface area contributed by atoms with Gasteiger partial charge in [0.1, 0.15) is 5.60 Å². The minimum Gasteiger partial charge on any atom is -0.394 e. The highest BCUT2D eigenvalue weighted by atomic mass is 16.3. The van der Waals surface area contributed by atoms with E-state index in [1.807, 2.05) is 50.2 Å². The molecule has 0 aromatic heterocycles. The largest absolute Gasteiger partial charge is 0.394 e. The summed E-state index contributed by atoms with van der Waals surface area (Å²) in [6.45, 7) is 3.61. The molecule has 21 heavy (non-hydrogen) atoms. The van der Waals surface area contributed by atoms with Gasteiger partial charge in [0.05, 0.1) is 12.7 Å². The van der Waals surface area contributed by atoms with Crippen molar-refractivity contribution in [3.05, 3.63) is 58.7 Å². The SMILES string of the molecule is Cc1ccc2c(c1)C(O)(CC(O)CO)c1cc(C)ccc1-2. The molecule has 1 aliphatic carbocycles. The molecule has 1 aliphatic rings. The predicted octanol–water partition coefficient (Wildman–Crippen LogP) is 2.26. The molecule has 1 atom stereocenters. The minimum atomic E-state index is -1.25. The Balaban J connectivity index is 2.24. The second kappa shape index (κ2) is 4.95. The highest BCUT2D eigenvalue weighted by Gasteiger charge is 2.42. The van der Waals surface area contributed by atoms with Crippen LogP contribution in [0.2, 0.25) is 0 Å². The molecule has 0 bridgehead atoms. The van der Waals surface area contributed by atoms with Gasteiger partial charge in [0.15, 0.2) is 0 Å². The number of hydrogen-bond acceptors (Lipinski definition) is 3. The van der Waals surface area contributed by atoms with Gasteiger partial charge in [-0.15, -0.1) is 0 Å². The first-order chi connectivity index (χ1) is 9.95. The lowest BCUT2D eigenvalue weighted by atomic mass is 9.85. The molecule has 0 aliphatic heterocycles. The number of aliphatic hydroxyl groups excluding tert-OH is 2. The maximum absolute atomic E-state index is 11.3. The fourth-order valence-electron chi connectivity index (χ4n) is 3.24. The van der Waals surface area contributed by atoms with Crippen LogP contribution in [0.4, 0.5) is 0 Å². The van der Waals surface area contributed by atoms with Gasteiger partial charge in [-0.25, -0.2) is 0 Å². The summed E-state index contributed by atoms with van der Waals surface area (Å²) in [6, 6.07) is 12.0.